The third-order valence-electron chi connectivity index (χ3n) is 2.76. The van der Waals surface area contributed by atoms with Gasteiger partial charge in [-0.1, -0.05) is 29.8 Å². The first-order chi connectivity index (χ1) is 5.55. The van der Waals surface area contributed by atoms with Gasteiger partial charge in [0.2, 0.25) is 0 Å². The fourth-order valence-electron chi connectivity index (χ4n) is 1.73. The number of carbonyl (C=O) groups is 1. The van der Waals surface area contributed by atoms with Gasteiger partial charge in [-0.25, -0.2) is 0 Å². The summed E-state index contributed by atoms with van der Waals surface area (Å²) in [4.78, 5) is 11.3. The topological polar surface area (TPSA) is 26.3 Å². The smallest absolute Gasteiger partial charge is 0.309 e. The van der Waals surface area contributed by atoms with Crippen LogP contribution in [0.2, 0.25) is 0 Å². The molecule has 0 amide bonds. The second-order valence-electron chi connectivity index (χ2n) is 3.81. The lowest BCUT2D eigenvalue weighted by Gasteiger charge is -2.01. The molecule has 0 heterocycles. The summed E-state index contributed by atoms with van der Waals surface area (Å²) in [5, 5.41) is 0.892. The maximum atomic E-state index is 11.3. The predicted octanol–water partition coefficient (Wildman–Crippen LogP) is 2.22. The van der Waals surface area contributed by atoms with E-state index in [9.17, 15) is 4.79 Å². The summed E-state index contributed by atoms with van der Waals surface area (Å²) >= 11 is 3.40. The second kappa shape index (κ2) is 3.36. The minimum atomic E-state index is -0.0352. The average molecular weight is 235 g/mol. The summed E-state index contributed by atoms with van der Waals surface area (Å²) in [6.45, 7) is 6.55. The van der Waals surface area contributed by atoms with Gasteiger partial charge in [0.25, 0.3) is 0 Å². The van der Waals surface area contributed by atoms with Gasteiger partial charge >= 0.3 is 5.97 Å². The summed E-state index contributed by atoms with van der Waals surface area (Å²) in [6.07, 6.45) is 0. The van der Waals surface area contributed by atoms with E-state index < -0.39 is 0 Å². The van der Waals surface area contributed by atoms with Crippen LogP contribution in [-0.2, 0) is 9.53 Å². The van der Waals surface area contributed by atoms with Crippen LogP contribution in [-0.4, -0.2) is 17.9 Å². The van der Waals surface area contributed by atoms with Crippen LogP contribution < -0.4 is 0 Å². The third kappa shape index (κ3) is 1.51. The highest BCUT2D eigenvalue weighted by molar-refractivity contribution is 9.09. The van der Waals surface area contributed by atoms with Gasteiger partial charge in [-0.2, -0.15) is 0 Å². The van der Waals surface area contributed by atoms with Crippen LogP contribution in [0.3, 0.4) is 0 Å². The molecule has 0 radical (unpaired) electrons. The summed E-state index contributed by atoms with van der Waals surface area (Å²) in [5.74, 6) is 0.528. The van der Waals surface area contributed by atoms with Crippen molar-refractivity contribution in [1.82, 2.24) is 0 Å². The van der Waals surface area contributed by atoms with E-state index in [2.05, 4.69) is 29.8 Å². The Bertz CT molecular complexity index is 189. The molecule has 0 N–H and O–H groups in total. The molecule has 0 aliphatic heterocycles. The van der Waals surface area contributed by atoms with Crippen molar-refractivity contribution >= 4 is 21.9 Å². The fourth-order valence-corrected chi connectivity index (χ4v) is 2.94. The fraction of sp³-hybridized carbons (Fsp3) is 0.889. The number of esters is 1. The normalized spacial score (nSPS) is 31.3. The van der Waals surface area contributed by atoms with Gasteiger partial charge < -0.3 is 4.74 Å². The molecule has 0 aromatic rings. The van der Waals surface area contributed by atoms with Crippen molar-refractivity contribution in [2.24, 2.45) is 17.3 Å². The highest BCUT2D eigenvalue weighted by Crippen LogP contribution is 2.59. The Morgan fingerprint density at radius 2 is 2.17 bits per heavy atom. The molecule has 0 unspecified atom stereocenters. The van der Waals surface area contributed by atoms with E-state index in [1.165, 1.54) is 0 Å². The molecule has 2 nitrogen and oxygen atoms in total. The Balaban J connectivity index is 2.51. The zero-order valence-corrected chi connectivity index (χ0v) is 9.35. The summed E-state index contributed by atoms with van der Waals surface area (Å²) in [5.41, 5.74) is 0.135. The van der Waals surface area contributed by atoms with E-state index in [-0.39, 0.29) is 17.3 Å². The first-order valence-corrected chi connectivity index (χ1v) is 5.40. The molecule has 1 aliphatic rings. The van der Waals surface area contributed by atoms with Gasteiger partial charge in [-0.05, 0) is 18.3 Å². The number of hydrogen-bond acceptors (Lipinski definition) is 2. The Kier molecular flexibility index (Phi) is 2.81. The first kappa shape index (κ1) is 10.0. The highest BCUT2D eigenvalue weighted by Gasteiger charge is 2.61. The number of alkyl halides is 1. The molecule has 3 heteroatoms. The van der Waals surface area contributed by atoms with Gasteiger partial charge in [0.05, 0.1) is 12.5 Å². The zero-order chi connectivity index (χ0) is 9.35. The van der Waals surface area contributed by atoms with Gasteiger partial charge in [0.1, 0.15) is 0 Å². The van der Waals surface area contributed by atoms with Crippen molar-refractivity contribution < 1.29 is 9.53 Å². The Labute approximate surface area is 81.8 Å². The van der Waals surface area contributed by atoms with Crippen LogP contribution in [0.25, 0.3) is 0 Å². The van der Waals surface area contributed by atoms with Crippen molar-refractivity contribution in [3.05, 3.63) is 0 Å². The first-order valence-electron chi connectivity index (χ1n) is 4.28. The quantitative estimate of drug-likeness (QED) is 0.553. The lowest BCUT2D eigenvalue weighted by Crippen LogP contribution is -2.10. The average Bonchev–Trinajstić information content (AvgIpc) is 2.53. The van der Waals surface area contributed by atoms with Crippen LogP contribution >= 0.6 is 15.9 Å². The molecule has 0 spiro atoms. The monoisotopic (exact) mass is 234 g/mol. The largest absolute Gasteiger partial charge is 0.466 e. The maximum Gasteiger partial charge on any atom is 0.309 e. The number of halogens is 1. The Morgan fingerprint density at radius 3 is 2.50 bits per heavy atom. The maximum absolute atomic E-state index is 11.3. The lowest BCUT2D eigenvalue weighted by atomic mass is 10.1. The summed E-state index contributed by atoms with van der Waals surface area (Å²) in [7, 11) is 0. The molecule has 0 aromatic heterocycles. The minimum absolute atomic E-state index is 0.0352. The van der Waals surface area contributed by atoms with Gasteiger partial charge in [0, 0.05) is 5.33 Å². The van der Waals surface area contributed by atoms with Crippen molar-refractivity contribution in [1.29, 1.82) is 0 Å². The third-order valence-corrected chi connectivity index (χ3v) is 3.45. The number of hydrogen-bond donors (Lipinski definition) is 0. The zero-order valence-electron chi connectivity index (χ0n) is 7.76. The van der Waals surface area contributed by atoms with Gasteiger partial charge in [-0.15, -0.1) is 0 Å². The molecule has 0 bridgehead atoms. The van der Waals surface area contributed by atoms with Crippen molar-refractivity contribution in [3.63, 3.8) is 0 Å². The van der Waals surface area contributed by atoms with E-state index in [1.54, 1.807) is 0 Å². The Morgan fingerprint density at radius 1 is 1.58 bits per heavy atom. The molecule has 2 atom stereocenters. The SMILES string of the molecule is CCOC(=O)[C@H]1[C@@H](CBr)C1(C)C. The van der Waals surface area contributed by atoms with Crippen LogP contribution in [0.5, 0.6) is 0 Å². The van der Waals surface area contributed by atoms with E-state index in [4.69, 9.17) is 4.74 Å². The van der Waals surface area contributed by atoms with Crippen LogP contribution in [0, 0.1) is 17.3 Å². The predicted molar refractivity (Wildman–Crippen MR) is 51.2 cm³/mol. The second-order valence-corrected chi connectivity index (χ2v) is 4.46. The molecule has 0 aromatic carbocycles. The van der Waals surface area contributed by atoms with Gasteiger partial charge in [0.15, 0.2) is 0 Å². The molecule has 1 aliphatic carbocycles. The molecule has 12 heavy (non-hydrogen) atoms. The molecule has 1 fully saturated rings. The highest BCUT2D eigenvalue weighted by atomic mass is 79.9. The van der Waals surface area contributed by atoms with E-state index in [0.717, 1.165) is 5.33 Å². The molecular formula is C9H15BrO2. The van der Waals surface area contributed by atoms with Gasteiger partial charge in [-0.3, -0.25) is 4.79 Å². The summed E-state index contributed by atoms with van der Waals surface area (Å²) < 4.78 is 4.97. The lowest BCUT2D eigenvalue weighted by molar-refractivity contribution is -0.145. The molecular weight excluding hydrogens is 220 g/mol. The molecule has 1 saturated carbocycles. The van der Waals surface area contributed by atoms with E-state index in [0.29, 0.717) is 12.5 Å². The summed E-state index contributed by atoms with van der Waals surface area (Å²) in [6, 6.07) is 0. The number of rotatable bonds is 3. The van der Waals surface area contributed by atoms with Crippen LogP contribution in [0.15, 0.2) is 0 Å². The van der Waals surface area contributed by atoms with E-state index >= 15 is 0 Å². The Hall–Kier alpha value is -0.0500. The van der Waals surface area contributed by atoms with Crippen molar-refractivity contribution in [2.75, 3.05) is 11.9 Å². The van der Waals surface area contributed by atoms with E-state index in [1.807, 2.05) is 6.92 Å². The van der Waals surface area contributed by atoms with Crippen molar-refractivity contribution in [2.45, 2.75) is 20.8 Å². The molecule has 70 valence electrons. The standard InChI is InChI=1S/C9H15BrO2/c1-4-12-8(11)7-6(5-10)9(7,2)3/h6-7H,4-5H2,1-3H3/t6-,7-/m1/s1. The van der Waals surface area contributed by atoms with Crippen molar-refractivity contribution in [3.8, 4) is 0 Å². The molecule has 0 saturated heterocycles. The molecule has 1 rings (SSSR count). The van der Waals surface area contributed by atoms with Crippen LogP contribution in [0.4, 0.5) is 0 Å². The van der Waals surface area contributed by atoms with Crippen LogP contribution in [0.1, 0.15) is 20.8 Å². The number of carbonyl (C=O) groups excluding carboxylic acids is 1. The minimum Gasteiger partial charge on any atom is -0.466 e. The number of ether oxygens (including phenoxy) is 1.